The zero-order valence-corrected chi connectivity index (χ0v) is 12.4. The molecule has 0 amide bonds. The second kappa shape index (κ2) is 8.14. The maximum atomic E-state index is 11.9. The molecule has 1 unspecified atom stereocenters. The van der Waals surface area contributed by atoms with E-state index >= 15 is 0 Å². The van der Waals surface area contributed by atoms with Gasteiger partial charge in [-0.05, 0) is 25.0 Å². The number of carbonyl (C=O) groups is 3. The summed E-state index contributed by atoms with van der Waals surface area (Å²) in [6.45, 7) is 1.74. The molecule has 0 spiro atoms. The van der Waals surface area contributed by atoms with E-state index in [1.165, 1.54) is 19.2 Å². The molecule has 0 bridgehead atoms. The van der Waals surface area contributed by atoms with Crippen LogP contribution in [0.5, 0.6) is 0 Å². The van der Waals surface area contributed by atoms with Crippen molar-refractivity contribution in [1.29, 1.82) is 0 Å². The number of hydrogen-bond donors (Lipinski definition) is 2. The Morgan fingerprint density at radius 3 is 2.50 bits per heavy atom. The number of aliphatic carboxylic acids is 1. The number of aliphatic hydroxyl groups is 1. The van der Waals surface area contributed by atoms with Gasteiger partial charge in [-0.1, -0.05) is 12.1 Å². The normalized spacial score (nSPS) is 11.6. The van der Waals surface area contributed by atoms with E-state index in [1.807, 2.05) is 0 Å². The third kappa shape index (κ3) is 4.56. The standard InChI is InChI=1S/C15H18O7/c1-3-22-15(20)11-8-9(5-7-12(16)21-2)4-6-10(11)13(17)14(18)19/h4,6,8,13,17H,3,5,7H2,1-2H3,(H,18,19). The number of aryl methyl sites for hydroxylation is 1. The summed E-state index contributed by atoms with van der Waals surface area (Å²) in [7, 11) is 1.28. The lowest BCUT2D eigenvalue weighted by molar-refractivity contribution is -0.147. The number of carboxylic acids is 1. The fourth-order valence-corrected chi connectivity index (χ4v) is 1.86. The average Bonchev–Trinajstić information content (AvgIpc) is 2.51. The fraction of sp³-hybridized carbons (Fsp3) is 0.400. The highest BCUT2D eigenvalue weighted by Crippen LogP contribution is 2.22. The molecule has 0 aromatic heterocycles. The first-order chi connectivity index (χ1) is 10.4. The molecule has 0 aliphatic rings. The quantitative estimate of drug-likeness (QED) is 0.725. The Balaban J connectivity index is 3.11. The van der Waals surface area contributed by atoms with E-state index in [4.69, 9.17) is 9.84 Å². The second-order valence-electron chi connectivity index (χ2n) is 4.46. The summed E-state index contributed by atoms with van der Waals surface area (Å²) in [6.07, 6.45) is -1.38. The molecule has 1 aromatic carbocycles. The van der Waals surface area contributed by atoms with Gasteiger partial charge >= 0.3 is 17.9 Å². The molecule has 0 saturated heterocycles. The van der Waals surface area contributed by atoms with Crippen LogP contribution in [-0.4, -0.2) is 41.8 Å². The van der Waals surface area contributed by atoms with E-state index < -0.39 is 24.0 Å². The Morgan fingerprint density at radius 2 is 1.95 bits per heavy atom. The highest BCUT2D eigenvalue weighted by molar-refractivity contribution is 5.93. The van der Waals surface area contributed by atoms with Crippen LogP contribution in [0, 0.1) is 0 Å². The Kier molecular flexibility index (Phi) is 6.52. The van der Waals surface area contributed by atoms with Gasteiger partial charge in [-0.15, -0.1) is 0 Å². The number of benzene rings is 1. The summed E-state index contributed by atoms with van der Waals surface area (Å²) < 4.78 is 9.40. The van der Waals surface area contributed by atoms with Crippen molar-refractivity contribution in [2.75, 3.05) is 13.7 Å². The van der Waals surface area contributed by atoms with Crippen molar-refractivity contribution in [1.82, 2.24) is 0 Å². The first kappa shape index (κ1) is 17.6. The van der Waals surface area contributed by atoms with E-state index in [0.717, 1.165) is 0 Å². The molecule has 0 radical (unpaired) electrons. The number of methoxy groups -OCH3 is 1. The van der Waals surface area contributed by atoms with Gasteiger partial charge in [0.1, 0.15) is 0 Å². The van der Waals surface area contributed by atoms with Gasteiger partial charge in [0.2, 0.25) is 0 Å². The van der Waals surface area contributed by atoms with Crippen LogP contribution < -0.4 is 0 Å². The molecule has 0 heterocycles. The molecule has 0 aliphatic carbocycles. The molecule has 120 valence electrons. The predicted molar refractivity (Wildman–Crippen MR) is 75.3 cm³/mol. The zero-order valence-electron chi connectivity index (χ0n) is 12.4. The minimum atomic E-state index is -1.82. The van der Waals surface area contributed by atoms with Gasteiger partial charge in [0.05, 0.1) is 19.3 Å². The van der Waals surface area contributed by atoms with E-state index in [-0.39, 0.29) is 24.2 Å². The first-order valence-corrected chi connectivity index (χ1v) is 6.68. The molecule has 0 saturated carbocycles. The van der Waals surface area contributed by atoms with Crippen molar-refractivity contribution in [2.45, 2.75) is 25.9 Å². The highest BCUT2D eigenvalue weighted by Gasteiger charge is 2.24. The number of carboxylic acid groups (broad SMARTS) is 1. The van der Waals surface area contributed by atoms with Gasteiger partial charge < -0.3 is 19.7 Å². The van der Waals surface area contributed by atoms with E-state index in [2.05, 4.69) is 4.74 Å². The summed E-state index contributed by atoms with van der Waals surface area (Å²) in [5, 5.41) is 18.5. The number of carbonyl (C=O) groups excluding carboxylic acids is 2. The topological polar surface area (TPSA) is 110 Å². The summed E-state index contributed by atoms with van der Waals surface area (Å²) >= 11 is 0. The van der Waals surface area contributed by atoms with Crippen molar-refractivity contribution < 1.29 is 34.1 Å². The van der Waals surface area contributed by atoms with Crippen molar-refractivity contribution in [3.05, 3.63) is 34.9 Å². The smallest absolute Gasteiger partial charge is 0.338 e. The Morgan fingerprint density at radius 1 is 1.27 bits per heavy atom. The van der Waals surface area contributed by atoms with Gasteiger partial charge in [0.25, 0.3) is 0 Å². The maximum absolute atomic E-state index is 11.9. The van der Waals surface area contributed by atoms with Crippen LogP contribution in [0.1, 0.15) is 40.9 Å². The van der Waals surface area contributed by atoms with E-state index in [1.54, 1.807) is 13.0 Å². The van der Waals surface area contributed by atoms with E-state index in [0.29, 0.717) is 12.0 Å². The lowest BCUT2D eigenvalue weighted by atomic mass is 9.97. The summed E-state index contributed by atoms with van der Waals surface area (Å²) in [4.78, 5) is 34.0. The molecule has 22 heavy (non-hydrogen) atoms. The van der Waals surface area contributed by atoms with Gasteiger partial charge in [0, 0.05) is 12.0 Å². The molecule has 1 rings (SSSR count). The third-order valence-electron chi connectivity index (χ3n) is 2.99. The van der Waals surface area contributed by atoms with Gasteiger partial charge in [-0.25, -0.2) is 9.59 Å². The SMILES string of the molecule is CCOC(=O)c1cc(CCC(=O)OC)ccc1C(O)C(=O)O. The Hall–Kier alpha value is -2.41. The average molecular weight is 310 g/mol. The summed E-state index contributed by atoms with van der Waals surface area (Å²) in [5.41, 5.74) is 0.557. The maximum Gasteiger partial charge on any atom is 0.338 e. The van der Waals surface area contributed by atoms with Gasteiger partial charge in [-0.3, -0.25) is 4.79 Å². The minimum absolute atomic E-state index is 0.0286. The van der Waals surface area contributed by atoms with Crippen LogP contribution in [-0.2, 0) is 25.5 Å². The molecule has 2 N–H and O–H groups in total. The Bertz CT molecular complexity index is 565. The van der Waals surface area contributed by atoms with E-state index in [9.17, 15) is 19.5 Å². The minimum Gasteiger partial charge on any atom is -0.479 e. The van der Waals surface area contributed by atoms with Crippen LogP contribution in [0.15, 0.2) is 18.2 Å². The van der Waals surface area contributed by atoms with Gasteiger partial charge in [0.15, 0.2) is 6.10 Å². The largest absolute Gasteiger partial charge is 0.479 e. The van der Waals surface area contributed by atoms with Gasteiger partial charge in [-0.2, -0.15) is 0 Å². The molecule has 7 heteroatoms. The van der Waals surface area contributed by atoms with Crippen molar-refractivity contribution in [3.8, 4) is 0 Å². The number of ether oxygens (including phenoxy) is 2. The van der Waals surface area contributed by atoms with Crippen molar-refractivity contribution in [2.24, 2.45) is 0 Å². The number of esters is 2. The van der Waals surface area contributed by atoms with Crippen LogP contribution in [0.25, 0.3) is 0 Å². The molecular formula is C15H18O7. The number of aliphatic hydroxyl groups excluding tert-OH is 1. The molecule has 7 nitrogen and oxygen atoms in total. The van der Waals surface area contributed by atoms with Crippen LogP contribution in [0.2, 0.25) is 0 Å². The fourth-order valence-electron chi connectivity index (χ4n) is 1.86. The molecular weight excluding hydrogens is 292 g/mol. The van der Waals surface area contributed by atoms with Crippen molar-refractivity contribution >= 4 is 17.9 Å². The first-order valence-electron chi connectivity index (χ1n) is 6.68. The summed E-state index contributed by atoms with van der Waals surface area (Å²) in [5.74, 6) is -2.59. The molecule has 1 aromatic rings. The van der Waals surface area contributed by atoms with Crippen LogP contribution >= 0.6 is 0 Å². The number of rotatable bonds is 7. The molecule has 0 fully saturated rings. The zero-order chi connectivity index (χ0) is 16.7. The summed E-state index contributed by atoms with van der Waals surface area (Å²) in [6, 6.07) is 4.31. The lowest BCUT2D eigenvalue weighted by Crippen LogP contribution is -2.17. The third-order valence-corrected chi connectivity index (χ3v) is 2.99. The van der Waals surface area contributed by atoms with Crippen LogP contribution in [0.4, 0.5) is 0 Å². The van der Waals surface area contributed by atoms with Crippen LogP contribution in [0.3, 0.4) is 0 Å². The monoisotopic (exact) mass is 310 g/mol. The van der Waals surface area contributed by atoms with Crippen molar-refractivity contribution in [3.63, 3.8) is 0 Å². The second-order valence-corrected chi connectivity index (χ2v) is 4.46. The Labute approximate surface area is 127 Å². The molecule has 1 atom stereocenters. The number of hydrogen-bond acceptors (Lipinski definition) is 6. The highest BCUT2D eigenvalue weighted by atomic mass is 16.5. The predicted octanol–water partition coefficient (Wildman–Crippen LogP) is 1.09. The molecule has 0 aliphatic heterocycles. The lowest BCUT2D eigenvalue weighted by Gasteiger charge is -2.13.